The molecule has 5 heteroatoms. The van der Waals surface area contributed by atoms with Crippen molar-refractivity contribution >= 4 is 24.0 Å². The van der Waals surface area contributed by atoms with Crippen LogP contribution in [0.2, 0.25) is 0 Å². The summed E-state index contributed by atoms with van der Waals surface area (Å²) in [5, 5.41) is 3.03. The Bertz CT molecular complexity index is 440. The van der Waals surface area contributed by atoms with Crippen LogP contribution in [0.5, 0.6) is 0 Å². The fourth-order valence-corrected chi connectivity index (χ4v) is 2.81. The Morgan fingerprint density at radius 3 is 2.85 bits per heavy atom. The number of hydrogen-bond acceptors (Lipinski definition) is 3. The molecular weight excluding hydrogens is 276 g/mol. The van der Waals surface area contributed by atoms with Gasteiger partial charge in [0, 0.05) is 24.3 Å². The van der Waals surface area contributed by atoms with Crippen LogP contribution in [0.25, 0.3) is 0 Å². The van der Waals surface area contributed by atoms with Gasteiger partial charge in [-0.05, 0) is 31.4 Å². The van der Waals surface area contributed by atoms with E-state index in [4.69, 9.17) is 10.5 Å². The lowest BCUT2D eigenvalue weighted by atomic mass is 9.95. The van der Waals surface area contributed by atoms with E-state index in [1.165, 1.54) is 0 Å². The highest BCUT2D eigenvalue weighted by Crippen LogP contribution is 2.32. The molecule has 0 unspecified atom stereocenters. The molecule has 0 heterocycles. The van der Waals surface area contributed by atoms with E-state index in [9.17, 15) is 4.79 Å². The zero-order chi connectivity index (χ0) is 13.7. The van der Waals surface area contributed by atoms with Crippen molar-refractivity contribution < 1.29 is 9.53 Å². The van der Waals surface area contributed by atoms with Crippen molar-refractivity contribution in [2.45, 2.75) is 25.9 Å². The Labute approximate surface area is 126 Å². The molecule has 0 spiro atoms. The molecule has 1 saturated carbocycles. The van der Waals surface area contributed by atoms with Gasteiger partial charge in [-0.2, -0.15) is 0 Å². The van der Waals surface area contributed by atoms with Crippen LogP contribution in [0.15, 0.2) is 24.3 Å². The van der Waals surface area contributed by atoms with Crippen LogP contribution in [-0.4, -0.2) is 19.6 Å². The molecule has 3 N–H and O–H groups in total. The smallest absolute Gasteiger partial charge is 0.227 e. The van der Waals surface area contributed by atoms with Gasteiger partial charge in [0.15, 0.2) is 0 Å². The first-order chi connectivity index (χ1) is 9.26. The summed E-state index contributed by atoms with van der Waals surface area (Å²) in [6.07, 6.45) is 3.11. The van der Waals surface area contributed by atoms with E-state index in [1.807, 2.05) is 24.3 Å². The van der Waals surface area contributed by atoms with Crippen molar-refractivity contribution in [1.82, 2.24) is 0 Å². The predicted molar refractivity (Wildman–Crippen MR) is 82.9 cm³/mol. The van der Waals surface area contributed by atoms with Crippen molar-refractivity contribution in [2.75, 3.05) is 19.0 Å². The maximum absolute atomic E-state index is 12.3. The number of carbonyl (C=O) groups is 1. The summed E-state index contributed by atoms with van der Waals surface area (Å²) in [7, 11) is 1.65. The summed E-state index contributed by atoms with van der Waals surface area (Å²) in [6, 6.07) is 7.75. The fraction of sp³-hybridized carbons (Fsp3) is 0.533. The third-order valence-electron chi connectivity index (χ3n) is 3.87. The maximum Gasteiger partial charge on any atom is 0.227 e. The van der Waals surface area contributed by atoms with Crippen molar-refractivity contribution in [3.63, 3.8) is 0 Å². The highest BCUT2D eigenvalue weighted by molar-refractivity contribution is 5.93. The first-order valence-electron chi connectivity index (χ1n) is 6.84. The van der Waals surface area contributed by atoms with Crippen LogP contribution >= 0.6 is 12.4 Å². The number of rotatable bonds is 5. The summed E-state index contributed by atoms with van der Waals surface area (Å²) in [4.78, 5) is 12.3. The molecular formula is C15H23ClN2O2. The molecule has 1 aromatic rings. The van der Waals surface area contributed by atoms with Gasteiger partial charge in [0.05, 0.1) is 6.61 Å². The summed E-state index contributed by atoms with van der Waals surface area (Å²) in [5.41, 5.74) is 7.58. The molecule has 2 rings (SSSR count). The lowest BCUT2D eigenvalue weighted by Crippen LogP contribution is -2.30. The van der Waals surface area contributed by atoms with E-state index < -0.39 is 0 Å². The van der Waals surface area contributed by atoms with Crippen molar-refractivity contribution in [1.29, 1.82) is 0 Å². The number of amides is 1. The molecule has 1 fully saturated rings. The number of carbonyl (C=O) groups excluding carboxylic acids is 1. The molecule has 0 bridgehead atoms. The number of methoxy groups -OCH3 is 1. The topological polar surface area (TPSA) is 64.3 Å². The largest absolute Gasteiger partial charge is 0.380 e. The number of ether oxygens (including phenoxy) is 1. The highest BCUT2D eigenvalue weighted by Gasteiger charge is 2.32. The van der Waals surface area contributed by atoms with Gasteiger partial charge >= 0.3 is 0 Å². The van der Waals surface area contributed by atoms with Crippen LogP contribution in [0, 0.1) is 11.8 Å². The number of hydrogen-bond donors (Lipinski definition) is 2. The number of halogens is 1. The standard InChI is InChI=1S/C15H22N2O2.ClH/c1-19-10-12-5-2-3-8-14(12)17-15(18)13-7-4-6-11(13)9-16;/h2-3,5,8,11,13H,4,6-7,9-10,16H2,1H3,(H,17,18);1H/t11-,13-;/m1./s1. The second kappa shape index (κ2) is 8.25. The normalized spacial score (nSPS) is 21.3. The van der Waals surface area contributed by atoms with Crippen LogP contribution in [0.1, 0.15) is 24.8 Å². The van der Waals surface area contributed by atoms with E-state index in [1.54, 1.807) is 7.11 Å². The fourth-order valence-electron chi connectivity index (χ4n) is 2.81. The summed E-state index contributed by atoms with van der Waals surface area (Å²) in [6.45, 7) is 1.10. The van der Waals surface area contributed by atoms with E-state index in [2.05, 4.69) is 5.32 Å². The third-order valence-corrected chi connectivity index (χ3v) is 3.87. The summed E-state index contributed by atoms with van der Waals surface area (Å²) in [5.74, 6) is 0.478. The average Bonchev–Trinajstić information content (AvgIpc) is 2.89. The van der Waals surface area contributed by atoms with Crippen LogP contribution in [0.4, 0.5) is 5.69 Å². The molecule has 112 valence electrons. The number of nitrogens with one attached hydrogen (secondary N) is 1. The van der Waals surface area contributed by atoms with Gasteiger partial charge in [-0.1, -0.05) is 24.6 Å². The summed E-state index contributed by atoms with van der Waals surface area (Å²) < 4.78 is 5.15. The molecule has 4 nitrogen and oxygen atoms in total. The minimum Gasteiger partial charge on any atom is -0.380 e. The van der Waals surface area contributed by atoms with Gasteiger partial charge in [0.2, 0.25) is 5.91 Å². The van der Waals surface area contributed by atoms with Crippen LogP contribution in [0.3, 0.4) is 0 Å². The van der Waals surface area contributed by atoms with Crippen molar-refractivity contribution in [2.24, 2.45) is 17.6 Å². The van der Waals surface area contributed by atoms with Crippen molar-refractivity contribution in [3.8, 4) is 0 Å². The average molecular weight is 299 g/mol. The Morgan fingerprint density at radius 1 is 1.40 bits per heavy atom. The minimum absolute atomic E-state index is 0. The highest BCUT2D eigenvalue weighted by atomic mass is 35.5. The lowest BCUT2D eigenvalue weighted by Gasteiger charge is -2.18. The second-order valence-corrected chi connectivity index (χ2v) is 5.11. The SMILES string of the molecule is COCc1ccccc1NC(=O)[C@@H]1CCC[C@@H]1CN.Cl. The molecule has 1 amide bonds. The molecule has 0 aliphatic heterocycles. The van der Waals surface area contributed by atoms with E-state index in [0.29, 0.717) is 19.1 Å². The van der Waals surface area contributed by atoms with Gasteiger partial charge in [-0.25, -0.2) is 0 Å². The lowest BCUT2D eigenvalue weighted by molar-refractivity contribution is -0.120. The molecule has 0 saturated heterocycles. The molecule has 2 atom stereocenters. The minimum atomic E-state index is 0. The van der Waals surface area contributed by atoms with Crippen molar-refractivity contribution in [3.05, 3.63) is 29.8 Å². The first kappa shape index (κ1) is 17.0. The Hall–Kier alpha value is -1.10. The zero-order valence-electron chi connectivity index (χ0n) is 11.8. The molecule has 0 radical (unpaired) electrons. The Morgan fingerprint density at radius 2 is 2.15 bits per heavy atom. The van der Waals surface area contributed by atoms with E-state index >= 15 is 0 Å². The van der Waals surface area contributed by atoms with Crippen LogP contribution < -0.4 is 11.1 Å². The van der Waals surface area contributed by atoms with E-state index in [-0.39, 0.29) is 24.2 Å². The number of para-hydroxylation sites is 1. The first-order valence-corrected chi connectivity index (χ1v) is 6.84. The predicted octanol–water partition coefficient (Wildman–Crippen LogP) is 2.57. The van der Waals surface area contributed by atoms with Gasteiger partial charge in [0.1, 0.15) is 0 Å². The van der Waals surface area contributed by atoms with Gasteiger partial charge < -0.3 is 15.8 Å². The molecule has 1 aliphatic rings. The van der Waals surface area contributed by atoms with E-state index in [0.717, 1.165) is 30.5 Å². The van der Waals surface area contributed by atoms with Crippen LogP contribution in [-0.2, 0) is 16.1 Å². The molecule has 1 aromatic carbocycles. The van der Waals surface area contributed by atoms with Gasteiger partial charge in [-0.3, -0.25) is 4.79 Å². The van der Waals surface area contributed by atoms with Gasteiger partial charge in [0.25, 0.3) is 0 Å². The quantitative estimate of drug-likeness (QED) is 0.878. The zero-order valence-corrected chi connectivity index (χ0v) is 12.6. The monoisotopic (exact) mass is 298 g/mol. The maximum atomic E-state index is 12.3. The molecule has 1 aliphatic carbocycles. The Kier molecular flexibility index (Phi) is 6.99. The Balaban J connectivity index is 0.00000200. The number of anilines is 1. The molecule has 0 aromatic heterocycles. The number of benzene rings is 1. The molecule has 20 heavy (non-hydrogen) atoms. The second-order valence-electron chi connectivity index (χ2n) is 5.11. The summed E-state index contributed by atoms with van der Waals surface area (Å²) >= 11 is 0. The third kappa shape index (κ3) is 3.95. The number of nitrogens with two attached hydrogens (primary N) is 1. The van der Waals surface area contributed by atoms with Gasteiger partial charge in [-0.15, -0.1) is 12.4 Å².